The van der Waals surface area contributed by atoms with Crippen molar-refractivity contribution >= 4 is 46.1 Å². The van der Waals surface area contributed by atoms with Crippen LogP contribution in [-0.2, 0) is 4.79 Å². The number of anilines is 3. The van der Waals surface area contributed by atoms with Crippen molar-refractivity contribution in [2.45, 2.75) is 33.1 Å². The van der Waals surface area contributed by atoms with Crippen molar-refractivity contribution in [3.63, 3.8) is 0 Å². The Kier molecular flexibility index (Phi) is 8.64. The van der Waals surface area contributed by atoms with Gasteiger partial charge in [-0.3, -0.25) is 14.4 Å². The lowest BCUT2D eigenvalue weighted by Gasteiger charge is -2.38. The number of hydrogen-bond donors (Lipinski definition) is 2. The number of amides is 3. The maximum atomic E-state index is 13.1. The number of aryl methyl sites for hydroxylation is 2. The molecule has 10 heteroatoms. The molecule has 3 aromatic rings. The van der Waals surface area contributed by atoms with Crippen LogP contribution in [0.25, 0.3) is 0 Å². The molecule has 0 spiro atoms. The molecule has 0 aliphatic carbocycles. The Hall–Kier alpha value is -3.92. The molecule has 5 rings (SSSR count). The van der Waals surface area contributed by atoms with Gasteiger partial charge in [-0.1, -0.05) is 18.2 Å². The second-order valence-corrected chi connectivity index (χ2v) is 11.6. The van der Waals surface area contributed by atoms with Crippen LogP contribution in [0.4, 0.5) is 17.1 Å². The van der Waals surface area contributed by atoms with Gasteiger partial charge in [-0.2, -0.15) is 0 Å². The zero-order chi connectivity index (χ0) is 28.1. The maximum Gasteiger partial charge on any atom is 0.284 e. The molecule has 3 amide bonds. The zero-order valence-electron chi connectivity index (χ0n) is 23.1. The number of nitrogens with zero attached hydrogens (tertiary/aromatic N) is 4. The van der Waals surface area contributed by atoms with E-state index in [1.165, 1.54) is 22.6 Å². The number of carbonyl (C=O) groups is 3. The molecule has 2 N–H and O–H groups in total. The van der Waals surface area contributed by atoms with Crippen LogP contribution in [0.3, 0.4) is 0 Å². The fraction of sp³-hybridized carbons (Fsp3) is 0.400. The van der Waals surface area contributed by atoms with Crippen molar-refractivity contribution in [1.82, 2.24) is 15.2 Å². The van der Waals surface area contributed by atoms with Gasteiger partial charge in [0.1, 0.15) is 0 Å². The normalized spacial score (nSPS) is 15.4. The van der Waals surface area contributed by atoms with Gasteiger partial charge in [0.25, 0.3) is 11.8 Å². The van der Waals surface area contributed by atoms with E-state index in [9.17, 15) is 14.4 Å². The summed E-state index contributed by atoms with van der Waals surface area (Å²) in [6.07, 6.45) is 3.92. The first kappa shape index (κ1) is 27.6. The Labute approximate surface area is 239 Å². The molecule has 40 heavy (non-hydrogen) atoms. The average molecular weight is 561 g/mol. The molecule has 0 saturated carbocycles. The molecule has 0 bridgehead atoms. The highest BCUT2D eigenvalue weighted by molar-refractivity contribution is 7.13. The molecule has 9 nitrogen and oxygen atoms in total. The van der Waals surface area contributed by atoms with Crippen LogP contribution in [0, 0.1) is 13.8 Å². The van der Waals surface area contributed by atoms with Crippen molar-refractivity contribution in [2.75, 3.05) is 60.9 Å². The number of benzene rings is 2. The fourth-order valence-corrected chi connectivity index (χ4v) is 5.97. The predicted octanol–water partition coefficient (Wildman–Crippen LogP) is 4.08. The lowest BCUT2D eigenvalue weighted by atomic mass is 10.1. The van der Waals surface area contributed by atoms with Gasteiger partial charge in [-0.05, 0) is 56.5 Å². The summed E-state index contributed by atoms with van der Waals surface area (Å²) in [5.74, 6) is -0.299. The number of piperazine rings is 1. The third-order valence-corrected chi connectivity index (χ3v) is 8.37. The van der Waals surface area contributed by atoms with Crippen molar-refractivity contribution < 1.29 is 14.4 Å². The van der Waals surface area contributed by atoms with Gasteiger partial charge in [-0.25, -0.2) is 4.98 Å². The summed E-state index contributed by atoms with van der Waals surface area (Å²) in [5, 5.41) is 6.37. The Morgan fingerprint density at radius 2 is 1.70 bits per heavy atom. The number of para-hydroxylation sites is 1. The molecule has 0 radical (unpaired) electrons. The molecule has 3 heterocycles. The average Bonchev–Trinajstić information content (AvgIpc) is 3.59. The van der Waals surface area contributed by atoms with E-state index >= 15 is 0 Å². The van der Waals surface area contributed by atoms with Crippen molar-refractivity contribution in [2.24, 2.45) is 0 Å². The number of carbonyl (C=O) groups excluding carboxylic acids is 3. The lowest BCUT2D eigenvalue weighted by molar-refractivity contribution is -0.127. The summed E-state index contributed by atoms with van der Waals surface area (Å²) >= 11 is 1.34. The topological polar surface area (TPSA) is 97.9 Å². The quantitative estimate of drug-likeness (QED) is 0.383. The van der Waals surface area contributed by atoms with Crippen LogP contribution < -0.4 is 20.4 Å². The van der Waals surface area contributed by atoms with E-state index in [2.05, 4.69) is 56.6 Å². The Balaban J connectivity index is 1.28. The SMILES string of the molecule is Cc1cnc(C(=O)Nc2cc(C(=O)NCCCN3CCCC3=O)ccc2N2CCN(c3ccccc3C)CC2)s1. The Bertz CT molecular complexity index is 1380. The van der Waals surface area contributed by atoms with Gasteiger partial charge >= 0.3 is 0 Å². The van der Waals surface area contributed by atoms with E-state index in [-0.39, 0.29) is 17.7 Å². The number of rotatable bonds is 9. The molecule has 2 aromatic carbocycles. The van der Waals surface area contributed by atoms with Crippen LogP contribution in [0.2, 0.25) is 0 Å². The van der Waals surface area contributed by atoms with Gasteiger partial charge < -0.3 is 25.3 Å². The minimum atomic E-state index is -0.286. The van der Waals surface area contributed by atoms with Gasteiger partial charge in [0.2, 0.25) is 5.91 Å². The van der Waals surface area contributed by atoms with E-state index < -0.39 is 0 Å². The summed E-state index contributed by atoms with van der Waals surface area (Å²) in [5.41, 5.74) is 4.46. The molecule has 0 unspecified atom stereocenters. The smallest absolute Gasteiger partial charge is 0.284 e. The largest absolute Gasteiger partial charge is 0.368 e. The van der Waals surface area contributed by atoms with Crippen LogP contribution >= 0.6 is 11.3 Å². The summed E-state index contributed by atoms with van der Waals surface area (Å²) in [4.78, 5) is 49.6. The maximum absolute atomic E-state index is 13.1. The summed E-state index contributed by atoms with van der Waals surface area (Å²) in [6, 6.07) is 13.9. The molecular formula is C30H36N6O3S. The summed E-state index contributed by atoms with van der Waals surface area (Å²) < 4.78 is 0. The third kappa shape index (κ3) is 6.44. The molecule has 210 valence electrons. The standard InChI is InChI=1S/C30H36N6O3S/c1-21-7-3-4-8-25(21)34-15-17-35(18-16-34)26-11-10-23(19-24(26)33-29(39)30-32-20-22(2)40-30)28(38)31-12-6-14-36-13-5-9-27(36)37/h3-4,7-8,10-11,19-20H,5-6,9,12-18H2,1-2H3,(H,31,38)(H,33,39). The van der Waals surface area contributed by atoms with Crippen LogP contribution in [0.15, 0.2) is 48.7 Å². The third-order valence-electron chi connectivity index (χ3n) is 7.46. The predicted molar refractivity (Wildman–Crippen MR) is 160 cm³/mol. The monoisotopic (exact) mass is 560 g/mol. The molecule has 1 aromatic heterocycles. The first-order valence-electron chi connectivity index (χ1n) is 13.9. The number of likely N-dealkylation sites (tertiary alicyclic amines) is 1. The van der Waals surface area contributed by atoms with E-state index in [0.717, 1.165) is 49.7 Å². The number of thiazole rings is 1. The van der Waals surface area contributed by atoms with E-state index in [1.54, 1.807) is 12.3 Å². The summed E-state index contributed by atoms with van der Waals surface area (Å²) in [7, 11) is 0. The van der Waals surface area contributed by atoms with E-state index in [4.69, 9.17) is 0 Å². The van der Waals surface area contributed by atoms with Gasteiger partial charge in [0.15, 0.2) is 5.01 Å². The van der Waals surface area contributed by atoms with Gasteiger partial charge in [0, 0.05) is 74.6 Å². The number of nitrogens with one attached hydrogen (secondary N) is 2. The van der Waals surface area contributed by atoms with Crippen molar-refractivity contribution in [3.8, 4) is 0 Å². The summed E-state index contributed by atoms with van der Waals surface area (Å²) in [6.45, 7) is 9.26. The Morgan fingerprint density at radius 3 is 2.38 bits per heavy atom. The second kappa shape index (κ2) is 12.5. The second-order valence-electron chi connectivity index (χ2n) is 10.3. The van der Waals surface area contributed by atoms with E-state index in [0.29, 0.717) is 42.2 Å². The minimum Gasteiger partial charge on any atom is -0.368 e. The first-order chi connectivity index (χ1) is 19.4. The molecule has 2 aliphatic heterocycles. The van der Waals surface area contributed by atoms with Crippen LogP contribution in [0.1, 0.15) is 49.9 Å². The highest BCUT2D eigenvalue weighted by Gasteiger charge is 2.23. The fourth-order valence-electron chi connectivity index (χ4n) is 5.31. The van der Waals surface area contributed by atoms with Crippen LogP contribution in [0.5, 0.6) is 0 Å². The van der Waals surface area contributed by atoms with Crippen molar-refractivity contribution in [3.05, 3.63) is 69.7 Å². The first-order valence-corrected chi connectivity index (χ1v) is 14.7. The van der Waals surface area contributed by atoms with Crippen LogP contribution in [-0.4, -0.2) is 73.4 Å². The highest BCUT2D eigenvalue weighted by Crippen LogP contribution is 2.31. The van der Waals surface area contributed by atoms with Gasteiger partial charge in [0.05, 0.1) is 11.4 Å². The molecule has 2 aliphatic rings. The zero-order valence-corrected chi connectivity index (χ0v) is 23.9. The van der Waals surface area contributed by atoms with Crippen molar-refractivity contribution in [1.29, 1.82) is 0 Å². The molecule has 2 fully saturated rings. The lowest BCUT2D eigenvalue weighted by Crippen LogP contribution is -2.47. The number of aromatic nitrogens is 1. The highest BCUT2D eigenvalue weighted by atomic mass is 32.1. The molecular weight excluding hydrogens is 524 g/mol. The minimum absolute atomic E-state index is 0.192. The van der Waals surface area contributed by atoms with Gasteiger partial charge in [-0.15, -0.1) is 11.3 Å². The Morgan fingerprint density at radius 1 is 0.950 bits per heavy atom. The number of hydrogen-bond acceptors (Lipinski definition) is 7. The molecule has 2 saturated heterocycles. The van der Waals surface area contributed by atoms with E-state index in [1.807, 2.05) is 24.0 Å². The molecule has 0 atom stereocenters.